The van der Waals surface area contributed by atoms with Crippen molar-refractivity contribution in [2.75, 3.05) is 32.5 Å². The standard InChI is InChI=1S/C25H32ClN3O5Si/c1-35(2,3)9-8-32-16-33-21-11-20-17(10-18(21)14-27)4-6-28-24(20)34-22-13-25(22)12-19(23(30)29-25)15-31-7-5-26/h4,6,10-11,19,22H,5,7-9,12-13,15-16H2,1-3H3,(H,29,30)/t19-,22?,25?/m1/s1. The summed E-state index contributed by atoms with van der Waals surface area (Å²) in [5.74, 6) is 1.07. The second-order valence-electron chi connectivity index (χ2n) is 10.4. The van der Waals surface area contributed by atoms with Crippen LogP contribution in [0.3, 0.4) is 0 Å². The van der Waals surface area contributed by atoms with Gasteiger partial charge in [-0.3, -0.25) is 4.79 Å². The number of carbonyl (C=O) groups is 1. The van der Waals surface area contributed by atoms with E-state index in [-0.39, 0.29) is 30.3 Å². The van der Waals surface area contributed by atoms with Gasteiger partial charge in [-0.25, -0.2) is 4.98 Å². The van der Waals surface area contributed by atoms with Gasteiger partial charge in [0.15, 0.2) is 6.79 Å². The van der Waals surface area contributed by atoms with Crippen LogP contribution >= 0.6 is 11.6 Å². The normalized spacial score (nSPS) is 23.3. The van der Waals surface area contributed by atoms with Crippen molar-refractivity contribution in [1.82, 2.24) is 10.3 Å². The Morgan fingerprint density at radius 1 is 1.26 bits per heavy atom. The Labute approximate surface area is 211 Å². The number of hydrogen-bond donors (Lipinski definition) is 1. The highest BCUT2D eigenvalue weighted by Crippen LogP contribution is 2.48. The lowest BCUT2D eigenvalue weighted by Gasteiger charge is -2.16. The molecular weight excluding hydrogens is 486 g/mol. The second-order valence-corrected chi connectivity index (χ2v) is 16.4. The Hall–Kier alpha value is -2.38. The quantitative estimate of drug-likeness (QED) is 0.196. The maximum absolute atomic E-state index is 12.4. The Morgan fingerprint density at radius 2 is 2.09 bits per heavy atom. The first-order valence-electron chi connectivity index (χ1n) is 11.9. The molecule has 10 heteroatoms. The smallest absolute Gasteiger partial charge is 0.226 e. The Morgan fingerprint density at radius 3 is 2.83 bits per heavy atom. The third-order valence-corrected chi connectivity index (χ3v) is 8.25. The van der Waals surface area contributed by atoms with Crippen molar-refractivity contribution in [2.24, 2.45) is 5.92 Å². The summed E-state index contributed by atoms with van der Waals surface area (Å²) >= 11 is 5.66. The SMILES string of the molecule is C[Si](C)(C)CCOCOc1cc2c(OC3CC34C[C@H](COCCCl)C(=O)N4)nccc2cc1C#N. The zero-order valence-electron chi connectivity index (χ0n) is 20.4. The number of carbonyl (C=O) groups excluding carboxylic acids is 1. The zero-order chi connectivity index (χ0) is 25.1. The third-order valence-electron chi connectivity index (χ3n) is 6.40. The van der Waals surface area contributed by atoms with Gasteiger partial charge < -0.3 is 24.3 Å². The number of aromatic nitrogens is 1. The van der Waals surface area contributed by atoms with Crippen LogP contribution < -0.4 is 14.8 Å². The van der Waals surface area contributed by atoms with Gasteiger partial charge in [0.05, 0.1) is 30.2 Å². The minimum atomic E-state index is -1.19. The summed E-state index contributed by atoms with van der Waals surface area (Å²) in [6, 6.07) is 8.62. The summed E-state index contributed by atoms with van der Waals surface area (Å²) in [6.07, 6.45) is 2.86. The number of nitriles is 1. The number of ether oxygens (including phenoxy) is 4. The fourth-order valence-corrected chi connectivity index (χ4v) is 5.14. The summed E-state index contributed by atoms with van der Waals surface area (Å²) in [5, 5.41) is 14.3. The minimum Gasteiger partial charge on any atom is -0.471 e. The van der Waals surface area contributed by atoms with Crippen molar-refractivity contribution in [3.8, 4) is 17.7 Å². The summed E-state index contributed by atoms with van der Waals surface area (Å²) < 4.78 is 23.2. The number of pyridine rings is 1. The van der Waals surface area contributed by atoms with Crippen molar-refractivity contribution in [2.45, 2.75) is 50.2 Å². The van der Waals surface area contributed by atoms with E-state index in [1.807, 2.05) is 6.07 Å². The van der Waals surface area contributed by atoms with Gasteiger partial charge in [0.1, 0.15) is 17.9 Å². The highest BCUT2D eigenvalue weighted by molar-refractivity contribution is 6.76. The number of fused-ring (bicyclic) bond motifs is 1. The number of nitrogens with one attached hydrogen (secondary N) is 1. The first-order valence-corrected chi connectivity index (χ1v) is 16.1. The molecule has 35 heavy (non-hydrogen) atoms. The average molecular weight is 518 g/mol. The number of rotatable bonds is 12. The van der Waals surface area contributed by atoms with E-state index in [2.05, 4.69) is 36.0 Å². The van der Waals surface area contributed by atoms with Crippen LogP contribution in [0.1, 0.15) is 18.4 Å². The molecule has 0 radical (unpaired) electrons. The van der Waals surface area contributed by atoms with Crippen LogP contribution in [0.4, 0.5) is 0 Å². The number of alkyl halides is 1. The van der Waals surface area contributed by atoms with E-state index in [9.17, 15) is 10.1 Å². The van der Waals surface area contributed by atoms with Gasteiger partial charge in [0.25, 0.3) is 0 Å². The van der Waals surface area contributed by atoms with E-state index in [1.165, 1.54) is 0 Å². The maximum Gasteiger partial charge on any atom is 0.226 e. The molecule has 1 aromatic heterocycles. The van der Waals surface area contributed by atoms with Crippen LogP contribution in [0.15, 0.2) is 24.4 Å². The van der Waals surface area contributed by atoms with E-state index in [4.69, 9.17) is 30.5 Å². The van der Waals surface area contributed by atoms with Gasteiger partial charge >= 0.3 is 0 Å². The number of nitrogens with zero attached hydrogens (tertiary/aromatic N) is 2. The average Bonchev–Trinajstić information content (AvgIpc) is 3.36. The van der Waals surface area contributed by atoms with E-state index in [1.54, 1.807) is 18.3 Å². The van der Waals surface area contributed by atoms with Crippen molar-refractivity contribution in [1.29, 1.82) is 5.26 Å². The Bertz CT molecular complexity index is 1120. The highest BCUT2D eigenvalue weighted by Gasteiger charge is 2.63. The van der Waals surface area contributed by atoms with Gasteiger partial charge in [-0.2, -0.15) is 5.26 Å². The van der Waals surface area contributed by atoms with Gasteiger partial charge in [-0.15, -0.1) is 11.6 Å². The molecule has 1 saturated carbocycles. The molecular formula is C25H32ClN3O5Si. The van der Waals surface area contributed by atoms with Crippen LogP contribution in [0.2, 0.25) is 25.7 Å². The molecule has 2 fully saturated rings. The topological polar surface area (TPSA) is 103 Å². The highest BCUT2D eigenvalue weighted by atomic mass is 35.5. The van der Waals surface area contributed by atoms with E-state index in [0.29, 0.717) is 55.7 Å². The van der Waals surface area contributed by atoms with Gasteiger partial charge in [0.2, 0.25) is 11.8 Å². The molecule has 1 aliphatic heterocycles. The number of hydrogen-bond acceptors (Lipinski definition) is 7. The molecule has 2 heterocycles. The van der Waals surface area contributed by atoms with Gasteiger partial charge in [0, 0.05) is 38.6 Å². The summed E-state index contributed by atoms with van der Waals surface area (Å²) in [4.78, 5) is 16.8. The van der Waals surface area contributed by atoms with E-state index >= 15 is 0 Å². The molecule has 1 saturated heterocycles. The molecule has 2 aromatic rings. The van der Waals surface area contributed by atoms with Crippen LogP contribution in [0, 0.1) is 17.2 Å². The lowest BCUT2D eigenvalue weighted by molar-refractivity contribution is -0.124. The van der Waals surface area contributed by atoms with Crippen molar-refractivity contribution >= 4 is 36.4 Å². The van der Waals surface area contributed by atoms with E-state index in [0.717, 1.165) is 16.8 Å². The molecule has 4 rings (SSSR count). The molecule has 188 valence electrons. The molecule has 2 unspecified atom stereocenters. The molecule has 1 spiro atoms. The van der Waals surface area contributed by atoms with Crippen molar-refractivity contribution in [3.05, 3.63) is 30.0 Å². The predicted octanol–water partition coefficient (Wildman–Crippen LogP) is 4.08. The largest absolute Gasteiger partial charge is 0.471 e. The molecule has 8 nitrogen and oxygen atoms in total. The number of benzene rings is 1. The Balaban J connectivity index is 1.43. The fourth-order valence-electron chi connectivity index (χ4n) is 4.27. The lowest BCUT2D eigenvalue weighted by Crippen LogP contribution is -2.33. The first kappa shape index (κ1) is 25.7. The Kier molecular flexibility index (Phi) is 7.86. The summed E-state index contributed by atoms with van der Waals surface area (Å²) in [5.41, 5.74) is 0.0423. The van der Waals surface area contributed by atoms with Crippen LogP contribution in [0.25, 0.3) is 10.8 Å². The first-order chi connectivity index (χ1) is 16.7. The molecule has 2 aliphatic rings. The van der Waals surface area contributed by atoms with E-state index < -0.39 is 8.07 Å². The maximum atomic E-state index is 12.4. The number of halogens is 1. The molecule has 3 atom stereocenters. The molecule has 1 aromatic carbocycles. The molecule has 1 aliphatic carbocycles. The molecule has 1 amide bonds. The number of amides is 1. The third kappa shape index (κ3) is 6.25. The second kappa shape index (κ2) is 10.7. The van der Waals surface area contributed by atoms with Crippen molar-refractivity contribution < 1.29 is 23.7 Å². The van der Waals surface area contributed by atoms with Gasteiger partial charge in [-0.05, 0) is 36.1 Å². The van der Waals surface area contributed by atoms with Crippen LogP contribution in [-0.4, -0.2) is 63.1 Å². The lowest BCUT2D eigenvalue weighted by atomic mass is 10.0. The zero-order valence-corrected chi connectivity index (χ0v) is 22.2. The van der Waals surface area contributed by atoms with Crippen LogP contribution in [-0.2, 0) is 14.3 Å². The minimum absolute atomic E-state index is 0.0139. The summed E-state index contributed by atoms with van der Waals surface area (Å²) in [6.45, 7) is 8.37. The molecule has 1 N–H and O–H groups in total. The fraction of sp³-hybridized carbons (Fsp3) is 0.560. The van der Waals surface area contributed by atoms with Gasteiger partial charge in [-0.1, -0.05) is 19.6 Å². The van der Waals surface area contributed by atoms with Crippen molar-refractivity contribution in [3.63, 3.8) is 0 Å². The van der Waals surface area contributed by atoms with Crippen LogP contribution in [0.5, 0.6) is 11.6 Å². The monoisotopic (exact) mass is 517 g/mol. The predicted molar refractivity (Wildman–Crippen MR) is 136 cm³/mol. The summed E-state index contributed by atoms with van der Waals surface area (Å²) in [7, 11) is -1.19. The molecule has 0 bridgehead atoms.